The van der Waals surface area contributed by atoms with Crippen molar-refractivity contribution in [3.8, 4) is 6.19 Å². The third-order valence-corrected chi connectivity index (χ3v) is 3.71. The lowest BCUT2D eigenvalue weighted by atomic mass is 9.77. The molecule has 0 aromatic heterocycles. The van der Waals surface area contributed by atoms with E-state index in [0.717, 1.165) is 6.42 Å². The molecule has 4 heteroatoms. The van der Waals surface area contributed by atoms with Crippen LogP contribution in [-0.2, 0) is 6.42 Å². The van der Waals surface area contributed by atoms with Crippen molar-refractivity contribution in [2.24, 2.45) is 10.9 Å². The monoisotopic (exact) mass is 226 g/mol. The van der Waals surface area contributed by atoms with Gasteiger partial charge in [-0.05, 0) is 17.5 Å². The van der Waals surface area contributed by atoms with Crippen LogP contribution in [0, 0.1) is 17.4 Å². The highest BCUT2D eigenvalue weighted by atomic mass is 15.2. The molecule has 1 aliphatic carbocycles. The molecule has 2 bridgehead atoms. The minimum atomic E-state index is 0.169. The van der Waals surface area contributed by atoms with Crippen LogP contribution in [0.25, 0.3) is 0 Å². The molecular formula is C13H14N4. The number of aliphatic imine (C=N–C) groups is 1. The number of rotatable bonds is 0. The van der Waals surface area contributed by atoms with Crippen molar-refractivity contribution in [3.05, 3.63) is 35.4 Å². The van der Waals surface area contributed by atoms with Crippen molar-refractivity contribution in [2.75, 3.05) is 0 Å². The number of nitrogens with one attached hydrogen (secondary N) is 2. The molecule has 17 heavy (non-hydrogen) atoms. The highest BCUT2D eigenvalue weighted by molar-refractivity contribution is 5.82. The summed E-state index contributed by atoms with van der Waals surface area (Å²) in [6.07, 6.45) is 2.92. The maximum atomic E-state index is 8.66. The molecule has 1 aromatic rings. The van der Waals surface area contributed by atoms with Gasteiger partial charge in [-0.1, -0.05) is 31.2 Å². The summed E-state index contributed by atoms with van der Waals surface area (Å²) in [4.78, 5) is 4.59. The van der Waals surface area contributed by atoms with E-state index in [1.165, 1.54) is 11.1 Å². The Kier molecular flexibility index (Phi) is 2.25. The molecule has 0 amide bonds. The molecule has 2 N–H and O–H groups in total. The molecular weight excluding hydrogens is 212 g/mol. The van der Waals surface area contributed by atoms with Gasteiger partial charge in [-0.2, -0.15) is 5.26 Å². The molecule has 1 aliphatic heterocycles. The molecule has 0 saturated carbocycles. The summed E-state index contributed by atoms with van der Waals surface area (Å²) >= 11 is 0. The molecule has 1 aromatic carbocycles. The summed E-state index contributed by atoms with van der Waals surface area (Å²) < 4.78 is 0. The summed E-state index contributed by atoms with van der Waals surface area (Å²) in [5.74, 6) is 1.07. The third-order valence-electron chi connectivity index (χ3n) is 3.71. The first-order chi connectivity index (χ1) is 8.29. The van der Waals surface area contributed by atoms with Gasteiger partial charge in [0.05, 0.1) is 6.04 Å². The Bertz CT molecular complexity index is 514. The van der Waals surface area contributed by atoms with Gasteiger partial charge in [0.1, 0.15) is 0 Å². The van der Waals surface area contributed by atoms with E-state index in [9.17, 15) is 0 Å². The van der Waals surface area contributed by atoms with Gasteiger partial charge in [-0.15, -0.1) is 0 Å². The van der Waals surface area contributed by atoms with Crippen molar-refractivity contribution in [1.29, 1.82) is 5.26 Å². The van der Waals surface area contributed by atoms with Crippen molar-refractivity contribution < 1.29 is 0 Å². The van der Waals surface area contributed by atoms with Crippen LogP contribution in [-0.4, -0.2) is 12.0 Å². The van der Waals surface area contributed by atoms with Crippen LogP contribution in [0.15, 0.2) is 29.3 Å². The lowest BCUT2D eigenvalue weighted by Crippen LogP contribution is -2.53. The van der Waals surface area contributed by atoms with Crippen LogP contribution in [0.5, 0.6) is 0 Å². The normalized spacial score (nSPS) is 29.4. The van der Waals surface area contributed by atoms with Crippen molar-refractivity contribution in [3.63, 3.8) is 0 Å². The molecule has 0 radical (unpaired) electrons. The van der Waals surface area contributed by atoms with Gasteiger partial charge in [-0.3, -0.25) is 5.32 Å². The number of hydrogen-bond acceptors (Lipinski definition) is 4. The average Bonchev–Trinajstić information content (AvgIpc) is 2.32. The largest absolute Gasteiger partial charge is 0.352 e. The van der Waals surface area contributed by atoms with Crippen LogP contribution in [0.4, 0.5) is 0 Å². The van der Waals surface area contributed by atoms with E-state index in [1.807, 2.05) is 6.19 Å². The molecule has 0 unspecified atom stereocenters. The fourth-order valence-corrected chi connectivity index (χ4v) is 2.78. The van der Waals surface area contributed by atoms with Crippen molar-refractivity contribution in [2.45, 2.75) is 25.4 Å². The van der Waals surface area contributed by atoms with Crippen LogP contribution >= 0.6 is 0 Å². The van der Waals surface area contributed by atoms with Gasteiger partial charge in [0, 0.05) is 12.0 Å². The Hall–Kier alpha value is -2.02. The Morgan fingerprint density at radius 2 is 2.29 bits per heavy atom. The van der Waals surface area contributed by atoms with Gasteiger partial charge >= 0.3 is 0 Å². The lowest BCUT2D eigenvalue weighted by Gasteiger charge is -2.40. The molecule has 3 rings (SSSR count). The molecule has 2 aliphatic rings. The summed E-state index contributed by atoms with van der Waals surface area (Å²) in [6, 6.07) is 8.97. The minimum Gasteiger partial charge on any atom is -0.352 e. The number of guanidine groups is 1. The van der Waals surface area contributed by atoms with Gasteiger partial charge in [-0.25, -0.2) is 4.99 Å². The predicted molar refractivity (Wildman–Crippen MR) is 65.2 cm³/mol. The summed E-state index contributed by atoms with van der Waals surface area (Å²) in [5.41, 5.74) is 2.67. The summed E-state index contributed by atoms with van der Waals surface area (Å²) in [5, 5.41) is 14.6. The zero-order valence-electron chi connectivity index (χ0n) is 9.64. The second kappa shape index (κ2) is 3.77. The SMILES string of the molecule is C[C@H]1[C@H]2Cc3ccccc3[C@@H]1N=C(NC#N)N2. The predicted octanol–water partition coefficient (Wildman–Crippen LogP) is 1.32. The zero-order chi connectivity index (χ0) is 11.8. The second-order valence-electron chi connectivity index (χ2n) is 4.67. The van der Waals surface area contributed by atoms with Crippen LogP contribution in [0.2, 0.25) is 0 Å². The first kappa shape index (κ1) is 10.2. The van der Waals surface area contributed by atoms with Gasteiger partial charge in [0.15, 0.2) is 6.19 Å². The first-order valence-electron chi connectivity index (χ1n) is 5.87. The van der Waals surface area contributed by atoms with Crippen molar-refractivity contribution in [1.82, 2.24) is 10.6 Å². The van der Waals surface area contributed by atoms with Crippen LogP contribution in [0.3, 0.4) is 0 Å². The van der Waals surface area contributed by atoms with Gasteiger partial charge in [0.2, 0.25) is 5.96 Å². The zero-order valence-corrected chi connectivity index (χ0v) is 9.64. The highest BCUT2D eigenvalue weighted by Gasteiger charge is 2.37. The Morgan fingerprint density at radius 1 is 1.47 bits per heavy atom. The van der Waals surface area contributed by atoms with Crippen molar-refractivity contribution >= 4 is 5.96 Å². The van der Waals surface area contributed by atoms with Crippen LogP contribution in [0.1, 0.15) is 24.1 Å². The van der Waals surface area contributed by atoms with Crippen LogP contribution < -0.4 is 10.6 Å². The van der Waals surface area contributed by atoms with E-state index in [2.05, 4.69) is 46.8 Å². The molecule has 0 saturated heterocycles. The molecule has 0 fully saturated rings. The highest BCUT2D eigenvalue weighted by Crippen LogP contribution is 2.38. The van der Waals surface area contributed by atoms with E-state index >= 15 is 0 Å². The molecule has 0 spiro atoms. The summed E-state index contributed by atoms with van der Waals surface area (Å²) in [7, 11) is 0. The fraction of sp³-hybridized carbons (Fsp3) is 0.385. The quantitative estimate of drug-likeness (QED) is 0.518. The Morgan fingerprint density at radius 3 is 3.12 bits per heavy atom. The molecule has 86 valence electrons. The first-order valence-corrected chi connectivity index (χ1v) is 5.87. The minimum absolute atomic E-state index is 0.169. The number of benzene rings is 1. The summed E-state index contributed by atoms with van der Waals surface area (Å²) in [6.45, 7) is 2.21. The van der Waals surface area contributed by atoms with E-state index in [1.54, 1.807) is 0 Å². The third kappa shape index (κ3) is 1.55. The average molecular weight is 226 g/mol. The van der Waals surface area contributed by atoms with E-state index < -0.39 is 0 Å². The number of nitrogens with zero attached hydrogens (tertiary/aromatic N) is 2. The van der Waals surface area contributed by atoms with E-state index in [4.69, 9.17) is 5.26 Å². The standard InChI is InChI=1S/C13H14N4/c1-8-11-6-9-4-2-3-5-10(9)12(8)17-13(16-11)15-7-14/h2-5,8,11-12H,6H2,1H3,(H2,15,16,17)/t8-,11+,12+/m0/s1. The fourth-order valence-electron chi connectivity index (χ4n) is 2.78. The Labute approximate surface area is 100 Å². The van der Waals surface area contributed by atoms with E-state index in [0.29, 0.717) is 17.9 Å². The smallest absolute Gasteiger partial charge is 0.205 e. The number of fused-ring (bicyclic) bond motifs is 4. The molecule has 1 heterocycles. The molecule has 3 atom stereocenters. The maximum absolute atomic E-state index is 8.66. The molecule has 4 nitrogen and oxygen atoms in total. The van der Waals surface area contributed by atoms with Gasteiger partial charge < -0.3 is 5.32 Å². The second-order valence-corrected chi connectivity index (χ2v) is 4.67. The topological polar surface area (TPSA) is 60.2 Å². The number of hydrogen-bond donors (Lipinski definition) is 2. The maximum Gasteiger partial charge on any atom is 0.205 e. The lowest BCUT2D eigenvalue weighted by molar-refractivity contribution is 0.313. The van der Waals surface area contributed by atoms with E-state index in [-0.39, 0.29) is 6.04 Å². The van der Waals surface area contributed by atoms with Gasteiger partial charge in [0.25, 0.3) is 0 Å². The number of nitriles is 1. The Balaban J connectivity index is 2.05.